The van der Waals surface area contributed by atoms with Crippen LogP contribution in [0, 0.1) is 5.82 Å². The summed E-state index contributed by atoms with van der Waals surface area (Å²) < 4.78 is 20.1. The summed E-state index contributed by atoms with van der Waals surface area (Å²) in [5.74, 6) is -1.52. The molecule has 186 valence electrons. The molecule has 0 radical (unpaired) electrons. The predicted molar refractivity (Wildman–Crippen MR) is 130 cm³/mol. The molecule has 1 N–H and O–H groups in total. The van der Waals surface area contributed by atoms with E-state index in [0.717, 1.165) is 12.5 Å². The minimum atomic E-state index is -1.07. The third-order valence-electron chi connectivity index (χ3n) is 6.79. The van der Waals surface area contributed by atoms with E-state index in [-0.39, 0.29) is 30.0 Å². The first kappa shape index (κ1) is 25.1. The molecule has 3 amide bonds. The van der Waals surface area contributed by atoms with Crippen molar-refractivity contribution < 1.29 is 23.5 Å². The largest absolute Gasteiger partial charge is 0.353 e. The lowest BCUT2D eigenvalue weighted by Gasteiger charge is -2.44. The average Bonchev–Trinajstić information content (AvgIpc) is 3.22. The van der Waals surface area contributed by atoms with Crippen LogP contribution < -0.4 is 5.32 Å². The second kappa shape index (κ2) is 10.3. The van der Waals surface area contributed by atoms with Crippen LogP contribution >= 0.6 is 11.6 Å². The molecule has 9 heteroatoms. The lowest BCUT2D eigenvalue weighted by atomic mass is 9.96. The summed E-state index contributed by atoms with van der Waals surface area (Å²) in [4.78, 5) is 42.9. The summed E-state index contributed by atoms with van der Waals surface area (Å²) in [5.41, 5.74) is -0.514. The molecule has 4 rings (SSSR count). The van der Waals surface area contributed by atoms with Gasteiger partial charge < -0.3 is 15.0 Å². The number of carbonyl (C=O) groups excluding carboxylic acids is 3. The molecule has 0 saturated carbocycles. The number of benzene rings is 2. The Balaban J connectivity index is 1.59. The predicted octanol–water partition coefficient (Wildman–Crippen LogP) is 3.87. The summed E-state index contributed by atoms with van der Waals surface area (Å²) in [5, 5.41) is 3.30. The maximum Gasteiger partial charge on any atom is 0.256 e. The Hall–Kier alpha value is -2.97. The van der Waals surface area contributed by atoms with Gasteiger partial charge in [-0.05, 0) is 43.7 Å². The van der Waals surface area contributed by atoms with Crippen molar-refractivity contribution in [3.8, 4) is 0 Å². The van der Waals surface area contributed by atoms with E-state index in [4.69, 9.17) is 16.3 Å². The number of hydrogen-bond donors (Lipinski definition) is 1. The number of hydrogen-bond acceptors (Lipinski definition) is 4. The van der Waals surface area contributed by atoms with E-state index in [1.54, 1.807) is 29.2 Å². The Labute approximate surface area is 209 Å². The highest BCUT2D eigenvalue weighted by molar-refractivity contribution is 6.33. The second-order valence-electron chi connectivity index (χ2n) is 9.05. The third-order valence-corrected chi connectivity index (χ3v) is 7.12. The Kier molecular flexibility index (Phi) is 7.42. The van der Waals surface area contributed by atoms with Crippen LogP contribution in [0.25, 0.3) is 0 Å². The molecule has 2 heterocycles. The fourth-order valence-electron chi connectivity index (χ4n) is 4.63. The molecule has 7 nitrogen and oxygen atoms in total. The zero-order valence-corrected chi connectivity index (χ0v) is 20.6. The maximum absolute atomic E-state index is 13.9. The van der Waals surface area contributed by atoms with Gasteiger partial charge in [-0.3, -0.25) is 19.3 Å². The van der Waals surface area contributed by atoms with Crippen molar-refractivity contribution in [3.63, 3.8) is 0 Å². The van der Waals surface area contributed by atoms with Gasteiger partial charge >= 0.3 is 0 Å². The van der Waals surface area contributed by atoms with Crippen LogP contribution in [0.5, 0.6) is 0 Å². The van der Waals surface area contributed by atoms with Crippen LogP contribution in [0.4, 0.5) is 4.39 Å². The first-order valence-electron chi connectivity index (χ1n) is 11.8. The van der Waals surface area contributed by atoms with Gasteiger partial charge in [0, 0.05) is 37.5 Å². The van der Waals surface area contributed by atoms with Gasteiger partial charge in [0.25, 0.3) is 11.8 Å². The van der Waals surface area contributed by atoms with Gasteiger partial charge in [0.05, 0.1) is 17.2 Å². The molecule has 35 heavy (non-hydrogen) atoms. The summed E-state index contributed by atoms with van der Waals surface area (Å²) in [6, 6.07) is 11.3. The molecule has 2 aromatic rings. The lowest BCUT2D eigenvalue weighted by Crippen LogP contribution is -2.60. The number of halogens is 2. The van der Waals surface area contributed by atoms with Crippen LogP contribution in [0.15, 0.2) is 48.5 Å². The van der Waals surface area contributed by atoms with Crippen LogP contribution in [0.1, 0.15) is 53.8 Å². The van der Waals surface area contributed by atoms with Crippen LogP contribution in [0.2, 0.25) is 5.02 Å². The Morgan fingerprint density at radius 3 is 2.51 bits per heavy atom. The molecule has 0 aromatic heterocycles. The molecule has 2 aliphatic rings. The van der Waals surface area contributed by atoms with E-state index in [1.807, 2.05) is 13.8 Å². The minimum Gasteiger partial charge on any atom is -0.353 e. The highest BCUT2D eigenvalue weighted by atomic mass is 35.5. The zero-order valence-electron chi connectivity index (χ0n) is 19.8. The van der Waals surface area contributed by atoms with E-state index in [2.05, 4.69) is 5.32 Å². The van der Waals surface area contributed by atoms with Gasteiger partial charge in [-0.2, -0.15) is 0 Å². The van der Waals surface area contributed by atoms with Crippen molar-refractivity contribution in [2.45, 2.75) is 50.9 Å². The molecule has 0 aliphatic carbocycles. The number of likely N-dealkylation sites (tertiary alicyclic amines) is 1. The molecular weight excluding hydrogens is 473 g/mol. The SMILES string of the molecule is CC[C@H](C)NC(=O)[C@@H]1COC2(CCN(C(=O)c3ccccc3Cl)CC2)N1C(=O)c1cccc(F)c1. The first-order chi connectivity index (χ1) is 16.8. The van der Waals surface area contributed by atoms with Crippen molar-refractivity contribution in [1.82, 2.24) is 15.1 Å². The van der Waals surface area contributed by atoms with E-state index >= 15 is 0 Å². The topological polar surface area (TPSA) is 79.0 Å². The van der Waals surface area contributed by atoms with Crippen LogP contribution in [-0.4, -0.2) is 65.0 Å². The van der Waals surface area contributed by atoms with Gasteiger partial charge in [-0.1, -0.05) is 36.7 Å². The minimum absolute atomic E-state index is 0.0295. The number of carbonyl (C=O) groups is 3. The number of nitrogens with one attached hydrogen (secondary N) is 1. The zero-order chi connectivity index (χ0) is 25.2. The van der Waals surface area contributed by atoms with E-state index in [1.165, 1.54) is 23.1 Å². The lowest BCUT2D eigenvalue weighted by molar-refractivity contribution is -0.128. The van der Waals surface area contributed by atoms with Gasteiger partial charge in [-0.25, -0.2) is 4.39 Å². The number of nitrogens with zero attached hydrogens (tertiary/aromatic N) is 2. The molecule has 2 atom stereocenters. The van der Waals surface area contributed by atoms with Crippen molar-refractivity contribution in [2.75, 3.05) is 19.7 Å². The normalized spacial score (nSPS) is 20.1. The van der Waals surface area contributed by atoms with Gasteiger partial charge in [-0.15, -0.1) is 0 Å². The monoisotopic (exact) mass is 501 g/mol. The van der Waals surface area contributed by atoms with Gasteiger partial charge in [0.15, 0.2) is 0 Å². The highest BCUT2D eigenvalue weighted by Gasteiger charge is 2.54. The number of amides is 3. The number of piperidine rings is 1. The van der Waals surface area contributed by atoms with Crippen molar-refractivity contribution >= 4 is 29.3 Å². The van der Waals surface area contributed by atoms with E-state index in [9.17, 15) is 18.8 Å². The number of rotatable bonds is 5. The number of ether oxygens (including phenoxy) is 1. The van der Waals surface area contributed by atoms with Gasteiger partial charge in [0.1, 0.15) is 17.6 Å². The smallest absolute Gasteiger partial charge is 0.256 e. The van der Waals surface area contributed by atoms with Crippen molar-refractivity contribution in [3.05, 3.63) is 70.5 Å². The molecule has 2 aromatic carbocycles. The first-order valence-corrected chi connectivity index (χ1v) is 12.2. The Morgan fingerprint density at radius 2 is 1.86 bits per heavy atom. The van der Waals surface area contributed by atoms with Crippen LogP contribution in [-0.2, 0) is 9.53 Å². The van der Waals surface area contributed by atoms with Gasteiger partial charge in [0.2, 0.25) is 5.91 Å². The van der Waals surface area contributed by atoms with Crippen molar-refractivity contribution in [2.24, 2.45) is 0 Å². The standard InChI is InChI=1S/C26H29ClFN3O4/c1-3-17(2)29-23(32)22-16-35-26(31(22)24(33)18-7-6-8-19(28)15-18)11-13-30(14-12-26)25(34)20-9-4-5-10-21(20)27/h4-10,15,17,22H,3,11-14,16H2,1-2H3,(H,29,32)/t17-,22-/m0/s1. The molecule has 0 bridgehead atoms. The summed E-state index contributed by atoms with van der Waals surface area (Å²) in [6.07, 6.45) is 1.37. The Morgan fingerprint density at radius 1 is 1.14 bits per heavy atom. The van der Waals surface area contributed by atoms with Crippen LogP contribution in [0.3, 0.4) is 0 Å². The third kappa shape index (κ3) is 5.04. The van der Waals surface area contributed by atoms with E-state index in [0.29, 0.717) is 36.5 Å². The fraction of sp³-hybridized carbons (Fsp3) is 0.423. The molecule has 2 fully saturated rings. The molecule has 0 unspecified atom stereocenters. The quantitative estimate of drug-likeness (QED) is 0.674. The molecule has 1 spiro atoms. The molecular formula is C26H29ClFN3O4. The summed E-state index contributed by atoms with van der Waals surface area (Å²) in [7, 11) is 0. The van der Waals surface area contributed by atoms with Crippen molar-refractivity contribution in [1.29, 1.82) is 0 Å². The second-order valence-corrected chi connectivity index (χ2v) is 9.46. The average molecular weight is 502 g/mol. The van der Waals surface area contributed by atoms with E-state index < -0.39 is 23.5 Å². The molecule has 2 aliphatic heterocycles. The summed E-state index contributed by atoms with van der Waals surface area (Å²) >= 11 is 6.21. The maximum atomic E-state index is 13.9. The fourth-order valence-corrected chi connectivity index (χ4v) is 4.85. The highest BCUT2D eigenvalue weighted by Crippen LogP contribution is 2.39. The molecule has 2 saturated heterocycles. The summed E-state index contributed by atoms with van der Waals surface area (Å²) in [6.45, 7) is 4.51. The Bertz CT molecular complexity index is 1120.